The summed E-state index contributed by atoms with van der Waals surface area (Å²) in [5, 5.41) is 10.1. The van der Waals surface area contributed by atoms with Gasteiger partial charge in [0.15, 0.2) is 11.7 Å². The fourth-order valence-corrected chi connectivity index (χ4v) is 2.63. The molecule has 0 saturated heterocycles. The third-order valence-electron chi connectivity index (χ3n) is 3.85. The predicted octanol–water partition coefficient (Wildman–Crippen LogP) is 2.41. The minimum atomic E-state index is -1.03. The van der Waals surface area contributed by atoms with Crippen molar-refractivity contribution in [2.45, 2.75) is 19.3 Å². The molecule has 0 amide bonds. The number of nitrogens with zero attached hydrogens (tertiary/aromatic N) is 2. The summed E-state index contributed by atoms with van der Waals surface area (Å²) in [6, 6.07) is 6.67. The van der Waals surface area contributed by atoms with E-state index in [1.165, 1.54) is 0 Å². The first kappa shape index (κ1) is 13.8. The fraction of sp³-hybridized carbons (Fsp3) is 0.333. The van der Waals surface area contributed by atoms with Crippen molar-refractivity contribution < 1.29 is 4.79 Å². The molecular formula is C15H12ClN3O2. The number of benzene rings is 1. The van der Waals surface area contributed by atoms with Gasteiger partial charge >= 0.3 is 0 Å². The van der Waals surface area contributed by atoms with E-state index in [1.54, 1.807) is 18.2 Å². The summed E-state index contributed by atoms with van der Waals surface area (Å²) in [5.74, 6) is -0.906. The molecule has 1 aliphatic carbocycles. The van der Waals surface area contributed by atoms with E-state index in [2.05, 4.69) is 9.97 Å². The van der Waals surface area contributed by atoms with Gasteiger partial charge in [0, 0.05) is 10.9 Å². The number of H-pyrrole nitrogens is 1. The number of rotatable bonds is 3. The average Bonchev–Trinajstić information content (AvgIpc) is 3.16. The number of nitrogens with one attached hydrogen (secondary N) is 1. The van der Waals surface area contributed by atoms with E-state index in [0.29, 0.717) is 21.8 Å². The highest BCUT2D eigenvalue weighted by Crippen LogP contribution is 2.41. The van der Waals surface area contributed by atoms with Crippen molar-refractivity contribution in [1.29, 1.82) is 5.26 Å². The second-order valence-corrected chi connectivity index (χ2v) is 5.83. The first-order valence-corrected chi connectivity index (χ1v) is 7.02. The van der Waals surface area contributed by atoms with E-state index in [4.69, 9.17) is 11.6 Å². The van der Waals surface area contributed by atoms with Gasteiger partial charge in [0.05, 0.1) is 17.0 Å². The highest BCUT2D eigenvalue weighted by atomic mass is 35.5. The van der Waals surface area contributed by atoms with E-state index >= 15 is 0 Å². The summed E-state index contributed by atoms with van der Waals surface area (Å²) in [7, 11) is 0. The Morgan fingerprint density at radius 2 is 2.29 bits per heavy atom. The highest BCUT2D eigenvalue weighted by Gasteiger charge is 2.43. The van der Waals surface area contributed by atoms with Crippen LogP contribution in [-0.2, 0) is 4.79 Å². The zero-order chi connectivity index (χ0) is 15.1. The zero-order valence-corrected chi connectivity index (χ0v) is 12.0. The summed E-state index contributed by atoms with van der Waals surface area (Å²) in [6.07, 6.45) is 0.792. The number of aromatic amines is 1. The molecule has 1 fully saturated rings. The topological polar surface area (TPSA) is 86.6 Å². The Morgan fingerprint density at radius 3 is 2.90 bits per heavy atom. The second-order valence-electron chi connectivity index (χ2n) is 5.40. The number of ketones is 1. The molecule has 0 unspecified atom stereocenters. The van der Waals surface area contributed by atoms with Crippen LogP contribution in [0, 0.1) is 23.2 Å². The van der Waals surface area contributed by atoms with Crippen molar-refractivity contribution in [3.05, 3.63) is 39.4 Å². The van der Waals surface area contributed by atoms with Gasteiger partial charge in [0.2, 0.25) is 0 Å². The van der Waals surface area contributed by atoms with Crippen LogP contribution in [0.1, 0.15) is 25.1 Å². The third-order valence-corrected chi connectivity index (χ3v) is 4.08. The number of nitriles is 1. The lowest BCUT2D eigenvalue weighted by molar-refractivity contribution is -0.120. The molecule has 1 heterocycles. The number of hydrogen-bond donors (Lipinski definition) is 1. The molecule has 0 radical (unpaired) electrons. The first-order chi connectivity index (χ1) is 10.0. The summed E-state index contributed by atoms with van der Waals surface area (Å²) < 4.78 is 0. The SMILES string of the molecule is C[C@@H]1C[C@H]1C(=O)[C@@H](C#N)c1nc2cc(Cl)ccc2c(=O)[nH]1. The molecule has 0 bridgehead atoms. The zero-order valence-electron chi connectivity index (χ0n) is 11.3. The number of carbonyl (C=O) groups is 1. The minimum absolute atomic E-state index is 0.0985. The molecule has 1 saturated carbocycles. The Labute approximate surface area is 125 Å². The number of halogens is 1. The molecule has 1 aliphatic rings. The van der Waals surface area contributed by atoms with E-state index in [1.807, 2.05) is 13.0 Å². The standard InChI is InChI=1S/C15H12ClN3O2/c1-7-4-10(7)13(20)11(6-17)14-18-12-5-8(16)2-3-9(12)15(21)19-14/h2-3,5,7,10-11H,4H2,1H3,(H,18,19,21)/t7-,10-,11-/m1/s1. The maximum absolute atomic E-state index is 12.3. The van der Waals surface area contributed by atoms with Gasteiger partial charge in [0.1, 0.15) is 5.82 Å². The first-order valence-electron chi connectivity index (χ1n) is 6.64. The van der Waals surface area contributed by atoms with Crippen molar-refractivity contribution >= 4 is 28.3 Å². The summed E-state index contributed by atoms with van der Waals surface area (Å²) in [5.41, 5.74) is 0.0155. The maximum Gasteiger partial charge on any atom is 0.258 e. The van der Waals surface area contributed by atoms with E-state index < -0.39 is 5.92 Å². The molecule has 0 spiro atoms. The number of Topliss-reactive ketones (excluding diaryl/α,β-unsaturated/α-hetero) is 1. The molecule has 1 aromatic carbocycles. The van der Waals surface area contributed by atoms with Gasteiger partial charge in [-0.15, -0.1) is 0 Å². The third kappa shape index (κ3) is 2.43. The Balaban J connectivity index is 2.09. The Morgan fingerprint density at radius 1 is 1.57 bits per heavy atom. The number of hydrogen-bond acceptors (Lipinski definition) is 4. The Bertz CT molecular complexity index is 837. The molecule has 106 valence electrons. The van der Waals surface area contributed by atoms with Gasteiger partial charge < -0.3 is 4.98 Å². The number of aromatic nitrogens is 2. The summed E-state index contributed by atoms with van der Waals surface area (Å²) in [4.78, 5) is 31.1. The van der Waals surface area contributed by atoms with Gasteiger partial charge in [-0.05, 0) is 30.5 Å². The predicted molar refractivity (Wildman–Crippen MR) is 78.0 cm³/mol. The van der Waals surface area contributed by atoms with Crippen LogP contribution in [0.2, 0.25) is 5.02 Å². The van der Waals surface area contributed by atoms with E-state index in [9.17, 15) is 14.9 Å². The largest absolute Gasteiger partial charge is 0.308 e. The maximum atomic E-state index is 12.3. The molecule has 6 heteroatoms. The van der Waals surface area contributed by atoms with Crippen LogP contribution in [0.4, 0.5) is 0 Å². The lowest BCUT2D eigenvalue weighted by atomic mass is 10.00. The van der Waals surface area contributed by atoms with Crippen molar-refractivity contribution in [1.82, 2.24) is 9.97 Å². The molecule has 0 aliphatic heterocycles. The summed E-state index contributed by atoms with van der Waals surface area (Å²) in [6.45, 7) is 1.97. The monoisotopic (exact) mass is 301 g/mol. The van der Waals surface area contributed by atoms with Crippen LogP contribution in [0.15, 0.2) is 23.0 Å². The molecule has 1 aromatic heterocycles. The normalized spacial score (nSPS) is 21.8. The minimum Gasteiger partial charge on any atom is -0.308 e. The second kappa shape index (κ2) is 4.97. The number of fused-ring (bicyclic) bond motifs is 1. The number of carbonyl (C=O) groups excluding carboxylic acids is 1. The molecule has 2 aromatic rings. The van der Waals surface area contributed by atoms with Crippen LogP contribution in [-0.4, -0.2) is 15.8 Å². The van der Waals surface area contributed by atoms with Crippen molar-refractivity contribution in [3.8, 4) is 6.07 Å². The quantitative estimate of drug-likeness (QED) is 0.943. The van der Waals surface area contributed by atoms with E-state index in [-0.39, 0.29) is 23.1 Å². The summed E-state index contributed by atoms with van der Waals surface area (Å²) >= 11 is 5.89. The molecule has 21 heavy (non-hydrogen) atoms. The van der Waals surface area contributed by atoms with E-state index in [0.717, 1.165) is 6.42 Å². The van der Waals surface area contributed by atoms with Crippen LogP contribution in [0.25, 0.3) is 10.9 Å². The Kier molecular flexibility index (Phi) is 3.26. The molecule has 1 N–H and O–H groups in total. The Hall–Kier alpha value is -2.19. The molecular weight excluding hydrogens is 290 g/mol. The van der Waals surface area contributed by atoms with Gasteiger partial charge in [0.25, 0.3) is 5.56 Å². The van der Waals surface area contributed by atoms with Crippen LogP contribution in [0.3, 0.4) is 0 Å². The van der Waals surface area contributed by atoms with Crippen LogP contribution in [0.5, 0.6) is 0 Å². The lowest BCUT2D eigenvalue weighted by Crippen LogP contribution is -2.21. The van der Waals surface area contributed by atoms with Gasteiger partial charge in [-0.1, -0.05) is 18.5 Å². The average molecular weight is 302 g/mol. The fourth-order valence-electron chi connectivity index (χ4n) is 2.46. The van der Waals surface area contributed by atoms with Crippen molar-refractivity contribution in [2.75, 3.05) is 0 Å². The lowest BCUT2D eigenvalue weighted by Gasteiger charge is -2.08. The van der Waals surface area contributed by atoms with Gasteiger partial charge in [-0.25, -0.2) is 4.98 Å². The molecule has 3 rings (SSSR count). The van der Waals surface area contributed by atoms with Gasteiger partial charge in [-0.3, -0.25) is 9.59 Å². The van der Waals surface area contributed by atoms with Gasteiger partial charge in [-0.2, -0.15) is 5.26 Å². The van der Waals surface area contributed by atoms with Crippen molar-refractivity contribution in [3.63, 3.8) is 0 Å². The molecule has 3 atom stereocenters. The van der Waals surface area contributed by atoms with Crippen LogP contribution >= 0.6 is 11.6 Å². The smallest absolute Gasteiger partial charge is 0.258 e. The van der Waals surface area contributed by atoms with Crippen LogP contribution < -0.4 is 5.56 Å². The van der Waals surface area contributed by atoms with Crippen molar-refractivity contribution in [2.24, 2.45) is 11.8 Å². The highest BCUT2D eigenvalue weighted by molar-refractivity contribution is 6.31. The molecule has 5 nitrogen and oxygen atoms in total.